The highest BCUT2D eigenvalue weighted by Crippen LogP contribution is 2.71. The number of carbonyl (C=O) groups is 3. The summed E-state index contributed by atoms with van der Waals surface area (Å²) >= 11 is 1.62. The van der Waals surface area contributed by atoms with Crippen molar-refractivity contribution in [3.63, 3.8) is 0 Å². The minimum absolute atomic E-state index is 0.155. The number of hydrogen-bond donors (Lipinski definition) is 3. The number of amides is 3. The lowest BCUT2D eigenvalue weighted by atomic mass is 9.66. The Kier molecular flexibility index (Phi) is 5.21. The van der Waals surface area contributed by atoms with Crippen LogP contribution in [0.1, 0.15) is 26.7 Å². The number of rotatable bonds is 5. The van der Waals surface area contributed by atoms with Crippen molar-refractivity contribution in [1.29, 1.82) is 0 Å². The zero-order valence-electron chi connectivity index (χ0n) is 19.0. The van der Waals surface area contributed by atoms with Crippen LogP contribution < -0.4 is 10.6 Å². The Hall–Kier alpha value is -2.58. The van der Waals surface area contributed by atoms with Crippen LogP contribution in [0, 0.1) is 11.8 Å². The molecule has 3 aliphatic rings. The van der Waals surface area contributed by atoms with Crippen molar-refractivity contribution >= 4 is 45.9 Å². The molecule has 33 heavy (non-hydrogen) atoms. The number of thioether (sulfide) groups is 1. The fraction of sp³-hybridized carbons (Fsp3) is 0.480. The zero-order chi connectivity index (χ0) is 23.5. The van der Waals surface area contributed by atoms with Gasteiger partial charge in [-0.15, -0.1) is 11.8 Å². The lowest BCUT2D eigenvalue weighted by Crippen LogP contribution is -2.54. The number of likely N-dealkylation sites (tertiary alicyclic amines) is 1. The van der Waals surface area contributed by atoms with Gasteiger partial charge in [-0.1, -0.05) is 30.3 Å². The van der Waals surface area contributed by atoms with Crippen LogP contribution in [0.25, 0.3) is 10.8 Å². The second-order valence-corrected chi connectivity index (χ2v) is 11.6. The summed E-state index contributed by atoms with van der Waals surface area (Å²) in [6.07, 6.45) is 1.45. The van der Waals surface area contributed by atoms with Gasteiger partial charge in [0.1, 0.15) is 6.04 Å². The summed E-state index contributed by atoms with van der Waals surface area (Å²) in [4.78, 5) is 42.0. The van der Waals surface area contributed by atoms with Gasteiger partial charge in [0.15, 0.2) is 0 Å². The Labute approximate surface area is 197 Å². The number of benzene rings is 2. The van der Waals surface area contributed by atoms with Crippen LogP contribution in [0.3, 0.4) is 0 Å². The Morgan fingerprint density at radius 2 is 1.91 bits per heavy atom. The maximum absolute atomic E-state index is 13.8. The Morgan fingerprint density at radius 1 is 1.18 bits per heavy atom. The molecule has 3 fully saturated rings. The van der Waals surface area contributed by atoms with Crippen molar-refractivity contribution in [1.82, 2.24) is 10.2 Å². The van der Waals surface area contributed by atoms with E-state index in [2.05, 4.69) is 10.6 Å². The molecule has 2 unspecified atom stereocenters. The fourth-order valence-corrected chi connectivity index (χ4v) is 8.60. The molecule has 5 rings (SSSR count). The normalized spacial score (nSPS) is 33.3. The monoisotopic (exact) mass is 467 g/mol. The van der Waals surface area contributed by atoms with Gasteiger partial charge >= 0.3 is 0 Å². The summed E-state index contributed by atoms with van der Waals surface area (Å²) < 4.78 is -1.08. The van der Waals surface area contributed by atoms with Crippen molar-refractivity contribution in [2.24, 2.45) is 11.8 Å². The van der Waals surface area contributed by atoms with E-state index in [-0.39, 0.29) is 24.3 Å². The van der Waals surface area contributed by atoms with Crippen molar-refractivity contribution in [3.8, 4) is 0 Å². The van der Waals surface area contributed by atoms with Gasteiger partial charge in [-0.05, 0) is 49.6 Å². The number of aliphatic hydroxyl groups excluding tert-OH is 1. The molecule has 3 saturated heterocycles. The number of hydrogen-bond acceptors (Lipinski definition) is 5. The zero-order valence-corrected chi connectivity index (χ0v) is 19.8. The van der Waals surface area contributed by atoms with Crippen LogP contribution in [0.2, 0.25) is 0 Å². The van der Waals surface area contributed by atoms with Gasteiger partial charge in [0.05, 0.1) is 29.2 Å². The largest absolute Gasteiger partial charge is 0.394 e. The molecule has 0 saturated carbocycles. The Morgan fingerprint density at radius 3 is 2.61 bits per heavy atom. The predicted octanol–water partition coefficient (Wildman–Crippen LogP) is 2.39. The van der Waals surface area contributed by atoms with E-state index in [4.69, 9.17) is 0 Å². The molecular formula is C25H29N3O4S. The molecule has 3 heterocycles. The molecule has 3 N–H and O–H groups in total. The Bertz CT molecular complexity index is 1160. The van der Waals surface area contributed by atoms with E-state index >= 15 is 0 Å². The lowest BCUT2D eigenvalue weighted by molar-refractivity contribution is -0.142. The van der Waals surface area contributed by atoms with E-state index < -0.39 is 33.4 Å². The van der Waals surface area contributed by atoms with E-state index in [9.17, 15) is 19.5 Å². The van der Waals surface area contributed by atoms with Gasteiger partial charge in [0, 0.05) is 17.5 Å². The number of aliphatic hydroxyl groups is 1. The summed E-state index contributed by atoms with van der Waals surface area (Å²) in [5.74, 6) is -1.71. The molecule has 0 radical (unpaired) electrons. The first-order chi connectivity index (χ1) is 15.8. The second-order valence-electron chi connectivity index (χ2n) is 9.67. The quantitative estimate of drug-likeness (QED) is 0.627. The smallest absolute Gasteiger partial charge is 0.248 e. The molecule has 8 heteroatoms. The van der Waals surface area contributed by atoms with E-state index in [1.54, 1.807) is 25.7 Å². The molecule has 6 atom stereocenters. The van der Waals surface area contributed by atoms with Crippen LogP contribution in [-0.4, -0.2) is 63.0 Å². The molecular weight excluding hydrogens is 438 g/mol. The molecule has 0 aliphatic carbocycles. The first kappa shape index (κ1) is 22.2. The lowest BCUT2D eigenvalue weighted by Gasteiger charge is -2.35. The Balaban J connectivity index is 1.54. The van der Waals surface area contributed by atoms with Crippen molar-refractivity contribution in [2.75, 3.05) is 19.0 Å². The highest BCUT2D eigenvalue weighted by atomic mass is 32.2. The summed E-state index contributed by atoms with van der Waals surface area (Å²) in [5.41, 5.74) is 0.661. The highest BCUT2D eigenvalue weighted by molar-refractivity contribution is 8.02. The molecule has 3 aliphatic heterocycles. The van der Waals surface area contributed by atoms with Crippen LogP contribution in [-0.2, 0) is 14.4 Å². The summed E-state index contributed by atoms with van der Waals surface area (Å²) in [5, 5.41) is 17.8. The molecule has 174 valence electrons. The average molecular weight is 468 g/mol. The first-order valence-electron chi connectivity index (χ1n) is 11.4. The topological polar surface area (TPSA) is 98.7 Å². The minimum atomic E-state index is -0.759. The van der Waals surface area contributed by atoms with E-state index in [0.717, 1.165) is 17.2 Å². The maximum Gasteiger partial charge on any atom is 0.248 e. The van der Waals surface area contributed by atoms with Gasteiger partial charge in [0.25, 0.3) is 0 Å². The number of fused-ring (bicyclic) bond motifs is 2. The first-order valence-corrected chi connectivity index (χ1v) is 12.2. The maximum atomic E-state index is 13.8. The van der Waals surface area contributed by atoms with Gasteiger partial charge in [-0.3, -0.25) is 14.4 Å². The third-order valence-corrected chi connectivity index (χ3v) is 9.73. The van der Waals surface area contributed by atoms with Crippen molar-refractivity contribution in [3.05, 3.63) is 42.5 Å². The molecule has 1 spiro atoms. The highest BCUT2D eigenvalue weighted by Gasteiger charge is 2.77. The SMILES string of the molecule is CNC(=O)[C@H]1[C@H]2C(=O)N([C@H](C)CO)C(C(=O)Nc3ccc4ccccc4c3)C23CC[C@]1(C)S3. The molecule has 2 bridgehead atoms. The van der Waals surface area contributed by atoms with Crippen molar-refractivity contribution < 1.29 is 19.5 Å². The molecule has 7 nitrogen and oxygen atoms in total. The predicted molar refractivity (Wildman–Crippen MR) is 129 cm³/mol. The van der Waals surface area contributed by atoms with Crippen LogP contribution in [0.15, 0.2) is 42.5 Å². The van der Waals surface area contributed by atoms with Crippen molar-refractivity contribution in [2.45, 2.75) is 48.3 Å². The second kappa shape index (κ2) is 7.74. The number of nitrogens with one attached hydrogen (secondary N) is 2. The minimum Gasteiger partial charge on any atom is -0.394 e. The molecule has 0 aromatic heterocycles. The van der Waals surface area contributed by atoms with E-state index in [0.29, 0.717) is 12.1 Å². The van der Waals surface area contributed by atoms with Gasteiger partial charge in [0.2, 0.25) is 17.7 Å². The van der Waals surface area contributed by atoms with Gasteiger partial charge in [-0.25, -0.2) is 0 Å². The van der Waals surface area contributed by atoms with E-state index in [1.807, 2.05) is 49.4 Å². The van der Waals surface area contributed by atoms with Crippen LogP contribution in [0.4, 0.5) is 5.69 Å². The van der Waals surface area contributed by atoms with Gasteiger partial charge in [-0.2, -0.15) is 0 Å². The van der Waals surface area contributed by atoms with E-state index in [1.165, 1.54) is 4.90 Å². The number of nitrogens with zero attached hydrogens (tertiary/aromatic N) is 1. The third-order valence-electron chi connectivity index (χ3n) is 7.75. The summed E-state index contributed by atoms with van der Waals surface area (Å²) in [7, 11) is 1.59. The van der Waals surface area contributed by atoms with Crippen LogP contribution >= 0.6 is 11.8 Å². The molecule has 2 aromatic rings. The molecule has 2 aromatic carbocycles. The third kappa shape index (κ3) is 3.10. The van der Waals surface area contributed by atoms with Crippen LogP contribution in [0.5, 0.6) is 0 Å². The average Bonchev–Trinajstić information content (AvgIpc) is 3.38. The standard InChI is InChI=1S/C25H29N3O4S/c1-14(13-29)28-20(22(31)27-17-9-8-15-6-4-5-7-16(15)12-17)25-11-10-24(2,33-25)18(21(30)26-3)19(25)23(28)32/h4-9,12,14,18-20,29H,10-11,13H2,1-3H3,(H,26,30)(H,27,31)/t14-,18-,19+,20?,24+,25?/m1/s1. The summed E-state index contributed by atoms with van der Waals surface area (Å²) in [6.45, 7) is 3.54. The number of anilines is 1. The fourth-order valence-electron chi connectivity index (χ4n) is 6.26. The molecule has 3 amide bonds. The summed E-state index contributed by atoms with van der Waals surface area (Å²) in [6, 6.07) is 12.4. The van der Waals surface area contributed by atoms with Gasteiger partial charge < -0.3 is 20.6 Å². The number of carbonyl (C=O) groups excluding carboxylic acids is 3.